The van der Waals surface area contributed by atoms with Gasteiger partial charge in [-0.1, -0.05) is 0 Å². The van der Waals surface area contributed by atoms with E-state index in [4.69, 9.17) is 5.73 Å². The van der Waals surface area contributed by atoms with Crippen LogP contribution in [-0.4, -0.2) is 30.8 Å². The Bertz CT molecular complexity index is 736. The number of nitrogens with one attached hydrogen (secondary N) is 1. The SMILES string of the molecule is NC(=O)c1nc2nc(Cc3ccncc3)ncc2[nH]1. The monoisotopic (exact) mass is 254 g/mol. The number of fused-ring (bicyclic) bond motifs is 1. The Balaban J connectivity index is 1.95. The van der Waals surface area contributed by atoms with Gasteiger partial charge in [0, 0.05) is 18.8 Å². The number of nitrogens with two attached hydrogens (primary N) is 1. The number of nitrogens with zero attached hydrogens (tertiary/aromatic N) is 4. The fraction of sp³-hybridized carbons (Fsp3) is 0.0833. The van der Waals surface area contributed by atoms with Crippen LogP contribution in [0.25, 0.3) is 11.2 Å². The Morgan fingerprint density at radius 3 is 2.79 bits per heavy atom. The molecule has 0 aromatic carbocycles. The number of carbonyl (C=O) groups is 1. The number of pyridine rings is 1. The maximum absolute atomic E-state index is 11.0. The first-order valence-corrected chi connectivity index (χ1v) is 5.63. The van der Waals surface area contributed by atoms with Crippen molar-refractivity contribution < 1.29 is 4.79 Å². The molecule has 0 spiro atoms. The van der Waals surface area contributed by atoms with E-state index in [1.165, 1.54) is 0 Å². The zero-order chi connectivity index (χ0) is 13.2. The van der Waals surface area contributed by atoms with E-state index in [0.717, 1.165) is 5.56 Å². The number of rotatable bonds is 3. The van der Waals surface area contributed by atoms with Crippen LogP contribution >= 0.6 is 0 Å². The number of aromatic nitrogens is 5. The van der Waals surface area contributed by atoms with Crippen molar-refractivity contribution in [1.29, 1.82) is 0 Å². The average molecular weight is 254 g/mol. The van der Waals surface area contributed by atoms with Crippen molar-refractivity contribution in [3.63, 3.8) is 0 Å². The number of H-pyrrole nitrogens is 1. The quantitative estimate of drug-likeness (QED) is 0.704. The number of imidazole rings is 1. The largest absolute Gasteiger partial charge is 0.363 e. The fourth-order valence-corrected chi connectivity index (χ4v) is 1.73. The molecule has 1 amide bonds. The van der Waals surface area contributed by atoms with Crippen LogP contribution in [0.2, 0.25) is 0 Å². The third kappa shape index (κ3) is 2.25. The summed E-state index contributed by atoms with van der Waals surface area (Å²) < 4.78 is 0. The van der Waals surface area contributed by atoms with Gasteiger partial charge in [0.2, 0.25) is 0 Å². The molecule has 19 heavy (non-hydrogen) atoms. The fourth-order valence-electron chi connectivity index (χ4n) is 1.73. The first kappa shape index (κ1) is 11.3. The molecule has 0 saturated heterocycles. The summed E-state index contributed by atoms with van der Waals surface area (Å²) in [6.45, 7) is 0. The van der Waals surface area contributed by atoms with E-state index in [1.54, 1.807) is 18.6 Å². The molecule has 3 aromatic rings. The minimum atomic E-state index is -0.617. The first-order valence-electron chi connectivity index (χ1n) is 5.63. The lowest BCUT2D eigenvalue weighted by Gasteiger charge is -1.99. The summed E-state index contributed by atoms with van der Waals surface area (Å²) in [7, 11) is 0. The average Bonchev–Trinajstić information content (AvgIpc) is 2.83. The van der Waals surface area contributed by atoms with Gasteiger partial charge in [0.05, 0.1) is 6.20 Å². The van der Waals surface area contributed by atoms with Crippen LogP contribution in [0.1, 0.15) is 22.0 Å². The third-order valence-corrected chi connectivity index (χ3v) is 2.63. The van der Waals surface area contributed by atoms with Crippen LogP contribution in [-0.2, 0) is 6.42 Å². The van der Waals surface area contributed by atoms with Crippen LogP contribution in [0, 0.1) is 0 Å². The van der Waals surface area contributed by atoms with Crippen molar-refractivity contribution in [2.75, 3.05) is 0 Å². The Morgan fingerprint density at radius 2 is 2.05 bits per heavy atom. The van der Waals surface area contributed by atoms with Crippen molar-refractivity contribution in [3.05, 3.63) is 47.9 Å². The van der Waals surface area contributed by atoms with Gasteiger partial charge in [-0.05, 0) is 17.7 Å². The molecule has 0 fully saturated rings. The van der Waals surface area contributed by atoms with E-state index in [2.05, 4.69) is 24.9 Å². The van der Waals surface area contributed by atoms with E-state index >= 15 is 0 Å². The lowest BCUT2D eigenvalue weighted by Crippen LogP contribution is -2.12. The second-order valence-corrected chi connectivity index (χ2v) is 4.01. The van der Waals surface area contributed by atoms with Crippen LogP contribution < -0.4 is 5.73 Å². The standard InChI is InChI=1S/C12H10N6O/c13-10(19)12-16-8-6-15-9(17-11(8)18-12)5-7-1-3-14-4-2-7/h1-4,6H,5H2,(H2,13,19)(H,15,16,17,18). The Kier molecular flexibility index (Phi) is 2.64. The van der Waals surface area contributed by atoms with E-state index < -0.39 is 5.91 Å². The molecule has 3 rings (SSSR count). The second-order valence-electron chi connectivity index (χ2n) is 4.01. The molecule has 0 saturated carbocycles. The molecule has 3 heterocycles. The molecule has 94 valence electrons. The van der Waals surface area contributed by atoms with Gasteiger partial charge in [-0.3, -0.25) is 9.78 Å². The summed E-state index contributed by atoms with van der Waals surface area (Å²) in [6.07, 6.45) is 5.61. The lowest BCUT2D eigenvalue weighted by atomic mass is 10.2. The molecule has 0 aliphatic heterocycles. The number of primary amides is 1. The highest BCUT2D eigenvalue weighted by Gasteiger charge is 2.10. The number of carbonyl (C=O) groups excluding carboxylic acids is 1. The first-order chi connectivity index (χ1) is 9.22. The Morgan fingerprint density at radius 1 is 1.26 bits per heavy atom. The summed E-state index contributed by atoms with van der Waals surface area (Å²) in [5, 5.41) is 0. The van der Waals surface area contributed by atoms with Crippen molar-refractivity contribution in [2.45, 2.75) is 6.42 Å². The third-order valence-electron chi connectivity index (χ3n) is 2.63. The van der Waals surface area contributed by atoms with Crippen molar-refractivity contribution >= 4 is 17.1 Å². The van der Waals surface area contributed by atoms with Crippen LogP contribution in [0.15, 0.2) is 30.7 Å². The molecule has 0 unspecified atom stereocenters. The van der Waals surface area contributed by atoms with Gasteiger partial charge < -0.3 is 10.7 Å². The van der Waals surface area contributed by atoms with Gasteiger partial charge in [-0.25, -0.2) is 15.0 Å². The molecule has 7 heteroatoms. The number of aromatic amines is 1. The van der Waals surface area contributed by atoms with Gasteiger partial charge in [-0.15, -0.1) is 0 Å². The van der Waals surface area contributed by atoms with Gasteiger partial charge >= 0.3 is 0 Å². The topological polar surface area (TPSA) is 110 Å². The zero-order valence-corrected chi connectivity index (χ0v) is 9.87. The van der Waals surface area contributed by atoms with Crippen molar-refractivity contribution in [2.24, 2.45) is 5.73 Å². The predicted octanol–water partition coefficient (Wildman–Crippen LogP) is 0.438. The molecule has 0 aliphatic rings. The maximum Gasteiger partial charge on any atom is 0.284 e. The normalized spacial score (nSPS) is 10.7. The van der Waals surface area contributed by atoms with E-state index in [0.29, 0.717) is 23.4 Å². The Labute approximate surface area is 107 Å². The summed E-state index contributed by atoms with van der Waals surface area (Å²) in [6, 6.07) is 3.79. The van der Waals surface area contributed by atoms with E-state index in [9.17, 15) is 4.79 Å². The smallest absolute Gasteiger partial charge is 0.284 e. The van der Waals surface area contributed by atoms with Gasteiger partial charge in [0.1, 0.15) is 11.3 Å². The number of hydrogen-bond donors (Lipinski definition) is 2. The number of hydrogen-bond acceptors (Lipinski definition) is 5. The van der Waals surface area contributed by atoms with Crippen molar-refractivity contribution in [3.8, 4) is 0 Å². The molecule has 0 atom stereocenters. The minimum Gasteiger partial charge on any atom is -0.363 e. The summed E-state index contributed by atoms with van der Waals surface area (Å²) in [5.74, 6) is 0.0975. The summed E-state index contributed by atoms with van der Waals surface area (Å²) in [4.78, 5) is 30.3. The molecular weight excluding hydrogens is 244 g/mol. The summed E-state index contributed by atoms with van der Waals surface area (Å²) in [5.41, 5.74) is 7.23. The molecule has 0 bridgehead atoms. The van der Waals surface area contributed by atoms with Gasteiger partial charge in [0.25, 0.3) is 5.91 Å². The molecular formula is C12H10N6O. The van der Waals surface area contributed by atoms with Crippen LogP contribution in [0.3, 0.4) is 0 Å². The van der Waals surface area contributed by atoms with Crippen LogP contribution in [0.5, 0.6) is 0 Å². The van der Waals surface area contributed by atoms with E-state index in [-0.39, 0.29) is 5.82 Å². The minimum absolute atomic E-state index is 0.0883. The molecule has 0 aliphatic carbocycles. The molecule has 7 nitrogen and oxygen atoms in total. The van der Waals surface area contributed by atoms with E-state index in [1.807, 2.05) is 12.1 Å². The molecule has 0 radical (unpaired) electrons. The molecule has 3 aromatic heterocycles. The van der Waals surface area contributed by atoms with Crippen molar-refractivity contribution in [1.82, 2.24) is 24.9 Å². The van der Waals surface area contributed by atoms with Crippen LogP contribution in [0.4, 0.5) is 0 Å². The predicted molar refractivity (Wildman–Crippen MR) is 67.2 cm³/mol. The summed E-state index contributed by atoms with van der Waals surface area (Å²) >= 11 is 0. The highest BCUT2D eigenvalue weighted by atomic mass is 16.1. The Hall–Kier alpha value is -2.83. The molecule has 3 N–H and O–H groups in total. The van der Waals surface area contributed by atoms with Gasteiger partial charge in [0.15, 0.2) is 11.5 Å². The highest BCUT2D eigenvalue weighted by molar-refractivity contribution is 5.92. The zero-order valence-electron chi connectivity index (χ0n) is 9.87. The number of amides is 1. The lowest BCUT2D eigenvalue weighted by molar-refractivity contribution is 0.0991. The highest BCUT2D eigenvalue weighted by Crippen LogP contribution is 2.10. The second kappa shape index (κ2) is 4.45. The van der Waals surface area contributed by atoms with Gasteiger partial charge in [-0.2, -0.15) is 0 Å². The maximum atomic E-state index is 11.0.